The molecule has 0 spiro atoms. The first-order valence-corrected chi connectivity index (χ1v) is 13.6. The van der Waals surface area contributed by atoms with Crippen molar-refractivity contribution in [3.8, 4) is 0 Å². The first-order chi connectivity index (χ1) is 19.0. The predicted molar refractivity (Wildman–Crippen MR) is 149 cm³/mol. The zero-order valence-corrected chi connectivity index (χ0v) is 22.6. The number of aliphatic hydroxyl groups is 1. The lowest BCUT2D eigenvalue weighted by molar-refractivity contribution is -0.153. The Morgan fingerprint density at radius 1 is 1.08 bits per heavy atom. The van der Waals surface area contributed by atoms with Gasteiger partial charge in [0.2, 0.25) is 11.8 Å². The minimum atomic E-state index is -0.736. The minimum absolute atomic E-state index is 0.0447. The average molecular weight is 537 g/mol. The Morgan fingerprint density at radius 3 is 2.49 bits per heavy atom. The minimum Gasteiger partial charge on any atom is -0.455 e. The van der Waals surface area contributed by atoms with E-state index in [1.165, 1.54) is 7.11 Å². The van der Waals surface area contributed by atoms with Crippen molar-refractivity contribution >= 4 is 17.8 Å². The van der Waals surface area contributed by atoms with Crippen molar-refractivity contribution in [2.75, 3.05) is 20.3 Å². The van der Waals surface area contributed by atoms with E-state index in [9.17, 15) is 19.5 Å². The van der Waals surface area contributed by atoms with Crippen molar-refractivity contribution in [2.24, 2.45) is 5.92 Å². The van der Waals surface area contributed by atoms with E-state index in [1.54, 1.807) is 0 Å². The molecule has 0 saturated carbocycles. The Morgan fingerprint density at radius 2 is 1.79 bits per heavy atom. The monoisotopic (exact) mass is 536 g/mol. The molecular formula is C31H40N2O6. The van der Waals surface area contributed by atoms with E-state index in [-0.39, 0.29) is 37.4 Å². The summed E-state index contributed by atoms with van der Waals surface area (Å²) in [4.78, 5) is 39.2. The molecule has 0 aromatic heterocycles. The second-order valence-electron chi connectivity index (χ2n) is 9.88. The summed E-state index contributed by atoms with van der Waals surface area (Å²) >= 11 is 0. The molecule has 0 fully saturated rings. The fourth-order valence-electron chi connectivity index (χ4n) is 4.67. The van der Waals surface area contributed by atoms with E-state index in [0.717, 1.165) is 24.0 Å². The van der Waals surface area contributed by atoms with Crippen molar-refractivity contribution < 1.29 is 29.0 Å². The van der Waals surface area contributed by atoms with Crippen LogP contribution in [0.15, 0.2) is 72.8 Å². The van der Waals surface area contributed by atoms with Gasteiger partial charge >= 0.3 is 5.97 Å². The Hall–Kier alpha value is -3.49. The number of ether oxygens (including phenoxy) is 2. The predicted octanol–water partition coefficient (Wildman–Crippen LogP) is 3.65. The van der Waals surface area contributed by atoms with E-state index in [0.29, 0.717) is 25.7 Å². The van der Waals surface area contributed by atoms with E-state index in [1.807, 2.05) is 72.8 Å². The largest absolute Gasteiger partial charge is 0.455 e. The maximum atomic E-state index is 13.5. The third kappa shape index (κ3) is 10.3. The van der Waals surface area contributed by atoms with E-state index in [4.69, 9.17) is 9.47 Å². The average Bonchev–Trinajstić information content (AvgIpc) is 2.94. The van der Waals surface area contributed by atoms with E-state index in [2.05, 4.69) is 10.6 Å². The SMILES string of the molecule is COC[C@@H]1NC(=O)[C@@H](CC(=O)N[C@H](CO)Cc2ccccc2)CC=CCCCCC(=O)O[C@H]1c1ccccc1. The lowest BCUT2D eigenvalue weighted by Crippen LogP contribution is -2.47. The number of carbonyl (C=O) groups is 3. The molecule has 1 aliphatic rings. The Labute approximate surface area is 230 Å². The molecule has 1 aliphatic heterocycles. The Bertz CT molecular complexity index is 1060. The number of hydrogen-bond acceptors (Lipinski definition) is 6. The molecule has 4 atom stereocenters. The number of hydrogen-bond donors (Lipinski definition) is 3. The molecule has 8 heteroatoms. The number of esters is 1. The molecule has 1 heterocycles. The molecule has 3 N–H and O–H groups in total. The van der Waals surface area contributed by atoms with Crippen LogP contribution in [0.2, 0.25) is 0 Å². The summed E-state index contributed by atoms with van der Waals surface area (Å²) in [6, 6.07) is 17.8. The number of rotatable bonds is 9. The number of methoxy groups -OCH3 is 1. The zero-order chi connectivity index (χ0) is 27.9. The summed E-state index contributed by atoms with van der Waals surface area (Å²) < 4.78 is 11.3. The van der Waals surface area contributed by atoms with Crippen molar-refractivity contribution in [1.29, 1.82) is 0 Å². The number of carbonyl (C=O) groups excluding carboxylic acids is 3. The van der Waals surface area contributed by atoms with Crippen molar-refractivity contribution in [3.05, 3.63) is 83.9 Å². The normalized spacial score (nSPS) is 21.7. The second-order valence-corrected chi connectivity index (χ2v) is 9.88. The van der Waals surface area contributed by atoms with Crippen LogP contribution in [0.1, 0.15) is 55.8 Å². The molecule has 3 rings (SSSR count). The number of nitrogens with one attached hydrogen (secondary N) is 2. The molecule has 0 unspecified atom stereocenters. The van der Waals surface area contributed by atoms with Gasteiger partial charge in [-0.05, 0) is 43.2 Å². The molecule has 0 bridgehead atoms. The van der Waals surface area contributed by atoms with E-state index < -0.39 is 24.1 Å². The van der Waals surface area contributed by atoms with Gasteiger partial charge in [0.1, 0.15) is 6.10 Å². The molecule has 2 aromatic rings. The van der Waals surface area contributed by atoms with Crippen molar-refractivity contribution in [2.45, 2.75) is 63.1 Å². The smallest absolute Gasteiger partial charge is 0.306 e. The fraction of sp³-hybridized carbons (Fsp3) is 0.452. The number of aliphatic hydroxyl groups excluding tert-OH is 1. The van der Waals surface area contributed by atoms with Gasteiger partial charge in [0.05, 0.1) is 31.2 Å². The molecule has 39 heavy (non-hydrogen) atoms. The molecule has 2 amide bonds. The van der Waals surface area contributed by atoms with Crippen LogP contribution >= 0.6 is 0 Å². The van der Waals surface area contributed by atoms with Gasteiger partial charge in [0.25, 0.3) is 0 Å². The van der Waals surface area contributed by atoms with Gasteiger partial charge in [-0.25, -0.2) is 0 Å². The number of benzene rings is 2. The number of amides is 2. The first kappa shape index (κ1) is 30.1. The maximum absolute atomic E-state index is 13.5. The highest BCUT2D eigenvalue weighted by Crippen LogP contribution is 2.24. The summed E-state index contributed by atoms with van der Waals surface area (Å²) in [5.74, 6) is -1.61. The van der Waals surface area contributed by atoms with Gasteiger partial charge in [-0.3, -0.25) is 14.4 Å². The van der Waals surface area contributed by atoms with Crippen LogP contribution in [0, 0.1) is 5.92 Å². The fourth-order valence-corrected chi connectivity index (χ4v) is 4.67. The van der Waals surface area contributed by atoms with E-state index >= 15 is 0 Å². The lowest BCUT2D eigenvalue weighted by Gasteiger charge is -2.29. The van der Waals surface area contributed by atoms with Gasteiger partial charge in [-0.1, -0.05) is 72.8 Å². The molecular weight excluding hydrogens is 496 g/mol. The highest BCUT2D eigenvalue weighted by atomic mass is 16.5. The summed E-state index contributed by atoms with van der Waals surface area (Å²) in [5, 5.41) is 15.7. The van der Waals surface area contributed by atoms with Crippen LogP contribution in [-0.2, 0) is 30.3 Å². The first-order valence-electron chi connectivity index (χ1n) is 13.6. The number of cyclic esters (lactones) is 1. The van der Waals surface area contributed by atoms with Crippen molar-refractivity contribution in [3.63, 3.8) is 0 Å². The molecule has 0 radical (unpaired) electrons. The Balaban J connectivity index is 1.77. The molecule has 0 saturated heterocycles. The topological polar surface area (TPSA) is 114 Å². The second kappa shape index (κ2) is 16.5. The standard InChI is InChI=1S/C31H40N2O6/c1-38-22-27-30(24-15-10-6-11-16-24)39-29(36)18-12-4-2-3-9-17-25(31(37)33-27)20-28(35)32-26(21-34)19-23-13-7-5-8-14-23/h3,5-11,13-16,25-27,30,34H,2,4,12,17-22H2,1H3,(H,32,35)(H,33,37)/t25-,26+,27+,30+/m1/s1. The highest BCUT2D eigenvalue weighted by Gasteiger charge is 2.31. The van der Waals surface area contributed by atoms with Gasteiger partial charge in [-0.15, -0.1) is 0 Å². The van der Waals surface area contributed by atoms with Crippen molar-refractivity contribution in [1.82, 2.24) is 10.6 Å². The quantitative estimate of drug-likeness (QED) is 0.333. The molecule has 0 aliphatic carbocycles. The van der Waals surface area contributed by atoms with Crippen LogP contribution in [-0.4, -0.2) is 55.3 Å². The summed E-state index contributed by atoms with van der Waals surface area (Å²) in [7, 11) is 1.52. The number of allylic oxidation sites excluding steroid dienone is 2. The van der Waals surface area contributed by atoms with Crippen LogP contribution in [0.5, 0.6) is 0 Å². The third-order valence-electron chi connectivity index (χ3n) is 6.73. The molecule has 210 valence electrons. The van der Waals surface area contributed by atoms with Crippen LogP contribution in [0.3, 0.4) is 0 Å². The van der Waals surface area contributed by atoms with Crippen LogP contribution in [0.4, 0.5) is 0 Å². The van der Waals surface area contributed by atoms with Gasteiger partial charge < -0.3 is 25.2 Å². The van der Waals surface area contributed by atoms with Gasteiger partial charge in [0, 0.05) is 20.0 Å². The van der Waals surface area contributed by atoms with Crippen LogP contribution < -0.4 is 10.6 Å². The van der Waals surface area contributed by atoms with Gasteiger partial charge in [-0.2, -0.15) is 0 Å². The summed E-state index contributed by atoms with van der Waals surface area (Å²) in [6.45, 7) is -0.0889. The zero-order valence-electron chi connectivity index (χ0n) is 22.6. The Kier molecular flexibility index (Phi) is 12.7. The summed E-state index contributed by atoms with van der Waals surface area (Å²) in [5.41, 5.74) is 1.75. The highest BCUT2D eigenvalue weighted by molar-refractivity contribution is 5.86. The maximum Gasteiger partial charge on any atom is 0.306 e. The van der Waals surface area contributed by atoms with Gasteiger partial charge in [0.15, 0.2) is 0 Å². The molecule has 2 aromatic carbocycles. The summed E-state index contributed by atoms with van der Waals surface area (Å²) in [6.07, 6.45) is 6.58. The molecule has 8 nitrogen and oxygen atoms in total. The lowest BCUT2D eigenvalue weighted by atomic mass is 9.96. The van der Waals surface area contributed by atoms with Crippen LogP contribution in [0.25, 0.3) is 0 Å². The third-order valence-corrected chi connectivity index (χ3v) is 6.73.